The lowest BCUT2D eigenvalue weighted by Gasteiger charge is -2.35. The van der Waals surface area contributed by atoms with Crippen molar-refractivity contribution in [1.29, 1.82) is 0 Å². The Morgan fingerprint density at radius 3 is 2.17 bits per heavy atom. The van der Waals surface area contributed by atoms with Gasteiger partial charge in [-0.1, -0.05) is 30.3 Å². The van der Waals surface area contributed by atoms with Gasteiger partial charge in [-0.05, 0) is 99.0 Å². The molecule has 3 aromatic rings. The molecule has 3 aromatic carbocycles. The lowest BCUT2D eigenvalue weighted by Crippen LogP contribution is -2.48. The Kier molecular flexibility index (Phi) is 10.4. The molecule has 0 radical (unpaired) electrons. The molecule has 0 bridgehead atoms. The first-order chi connectivity index (χ1) is 22.9. The second kappa shape index (κ2) is 15.2. The van der Waals surface area contributed by atoms with Gasteiger partial charge in [0.15, 0.2) is 0 Å². The molecule has 2 unspecified atom stereocenters. The molecule has 0 spiro atoms. The third-order valence-corrected chi connectivity index (χ3v) is 9.50. The summed E-state index contributed by atoms with van der Waals surface area (Å²) in [5.74, 6) is 0.682. The molecule has 2 saturated heterocycles. The first-order valence-corrected chi connectivity index (χ1v) is 16.8. The van der Waals surface area contributed by atoms with Crippen molar-refractivity contribution in [2.24, 2.45) is 5.92 Å². The minimum Gasteiger partial charge on any atom is -0.490 e. The molecule has 2 N–H and O–H groups in total. The number of amides is 4. The molecule has 6 rings (SSSR count). The van der Waals surface area contributed by atoms with Crippen LogP contribution in [0.15, 0.2) is 78.9 Å². The van der Waals surface area contributed by atoms with Crippen LogP contribution >= 0.6 is 0 Å². The van der Waals surface area contributed by atoms with E-state index in [0.29, 0.717) is 30.6 Å². The molecular weight excluding hydrogens is 594 g/mol. The Morgan fingerprint density at radius 1 is 0.787 bits per heavy atom. The number of benzene rings is 3. The summed E-state index contributed by atoms with van der Waals surface area (Å²) in [6.45, 7) is 2.77. The van der Waals surface area contributed by atoms with Crippen LogP contribution in [-0.2, 0) is 16.1 Å². The molecule has 47 heavy (non-hydrogen) atoms. The van der Waals surface area contributed by atoms with E-state index in [1.54, 1.807) is 4.90 Å². The molecule has 3 fully saturated rings. The van der Waals surface area contributed by atoms with Crippen molar-refractivity contribution < 1.29 is 23.9 Å². The quantitative estimate of drug-likeness (QED) is 0.269. The van der Waals surface area contributed by atoms with E-state index in [4.69, 9.17) is 9.47 Å². The lowest BCUT2D eigenvalue weighted by molar-refractivity contribution is -0.137. The van der Waals surface area contributed by atoms with Gasteiger partial charge in [0.2, 0.25) is 5.91 Å². The lowest BCUT2D eigenvalue weighted by atomic mass is 9.96. The zero-order chi connectivity index (χ0) is 32.6. The summed E-state index contributed by atoms with van der Waals surface area (Å²) in [5.41, 5.74) is 3.37. The van der Waals surface area contributed by atoms with Crippen molar-refractivity contribution in [3.63, 3.8) is 0 Å². The normalized spacial score (nSPS) is 19.7. The highest BCUT2D eigenvalue weighted by Gasteiger charge is 2.35. The average molecular weight is 640 g/mol. The predicted octanol–water partition coefficient (Wildman–Crippen LogP) is 6.74. The molecule has 2 aliphatic heterocycles. The summed E-state index contributed by atoms with van der Waals surface area (Å²) in [4.78, 5) is 44.7. The Balaban J connectivity index is 0.943. The number of nitrogens with zero attached hydrogens (tertiary/aromatic N) is 3. The van der Waals surface area contributed by atoms with Crippen molar-refractivity contribution in [2.75, 3.05) is 48.8 Å². The Hall–Kier alpha value is -4.73. The fourth-order valence-corrected chi connectivity index (χ4v) is 6.78. The van der Waals surface area contributed by atoms with Crippen molar-refractivity contribution >= 4 is 35.1 Å². The van der Waals surface area contributed by atoms with Crippen LogP contribution in [-0.4, -0.2) is 73.2 Å². The molecule has 0 aromatic heterocycles. The van der Waals surface area contributed by atoms with Crippen LogP contribution in [0, 0.1) is 5.92 Å². The maximum atomic E-state index is 13.5. The highest BCUT2D eigenvalue weighted by atomic mass is 16.6. The number of likely N-dealkylation sites (N-methyl/N-ethyl adjacent to an activating group) is 1. The van der Waals surface area contributed by atoms with E-state index < -0.39 is 0 Å². The van der Waals surface area contributed by atoms with E-state index in [1.807, 2.05) is 90.8 Å². The SMILES string of the molecule is CN(C(=O)C1CCCN(C(=O)OCc2ccccc2)C1)C1CCN(c2ccc(NC(=O)Nc3ccc(OC4CCCC4)cc3)cc2)C1. The van der Waals surface area contributed by atoms with Gasteiger partial charge in [0.1, 0.15) is 12.4 Å². The van der Waals surface area contributed by atoms with Crippen LogP contribution in [0.3, 0.4) is 0 Å². The highest BCUT2D eigenvalue weighted by Crippen LogP contribution is 2.28. The second-order valence-corrected chi connectivity index (χ2v) is 12.8. The van der Waals surface area contributed by atoms with E-state index in [-0.39, 0.29) is 36.6 Å². The zero-order valence-corrected chi connectivity index (χ0v) is 27.1. The molecule has 1 saturated carbocycles. The van der Waals surface area contributed by atoms with E-state index in [1.165, 1.54) is 12.8 Å². The number of hydrogen-bond acceptors (Lipinski definition) is 6. The topological polar surface area (TPSA) is 103 Å². The van der Waals surface area contributed by atoms with Gasteiger partial charge in [0.25, 0.3) is 0 Å². The van der Waals surface area contributed by atoms with Gasteiger partial charge >= 0.3 is 12.1 Å². The monoisotopic (exact) mass is 639 g/mol. The molecule has 4 amide bonds. The van der Waals surface area contributed by atoms with Crippen LogP contribution in [0.25, 0.3) is 0 Å². The zero-order valence-electron chi connectivity index (χ0n) is 27.1. The van der Waals surface area contributed by atoms with Crippen molar-refractivity contribution in [1.82, 2.24) is 9.80 Å². The number of carbonyl (C=O) groups is 3. The summed E-state index contributed by atoms with van der Waals surface area (Å²) >= 11 is 0. The summed E-state index contributed by atoms with van der Waals surface area (Å²) in [6, 6.07) is 24.7. The van der Waals surface area contributed by atoms with Gasteiger partial charge in [-0.2, -0.15) is 0 Å². The first-order valence-electron chi connectivity index (χ1n) is 16.8. The number of ether oxygens (including phenoxy) is 2. The van der Waals surface area contributed by atoms with Crippen molar-refractivity contribution in [2.45, 2.75) is 63.7 Å². The summed E-state index contributed by atoms with van der Waals surface area (Å²) in [7, 11) is 1.88. The molecule has 248 valence electrons. The molecule has 10 nitrogen and oxygen atoms in total. The fourth-order valence-electron chi connectivity index (χ4n) is 6.78. The summed E-state index contributed by atoms with van der Waals surface area (Å²) in [5, 5.41) is 5.77. The molecular formula is C37H45N5O5. The standard InChI is InChI=1S/C37H45N5O5/c1-40(35(43)28-10-7-22-42(24-28)37(45)46-26-27-8-3-2-4-9-27)32-21-23-41(25-32)31-17-13-29(14-18-31)38-36(44)39-30-15-19-34(20-16-30)47-33-11-5-6-12-33/h2-4,8-9,13-20,28,32-33H,5-7,10-12,21-26H2,1H3,(H2,38,39,44). The number of rotatable bonds is 9. The van der Waals surface area contributed by atoms with E-state index >= 15 is 0 Å². The van der Waals surface area contributed by atoms with Crippen LogP contribution in [0.4, 0.5) is 26.7 Å². The first kappa shape index (κ1) is 32.2. The van der Waals surface area contributed by atoms with E-state index in [2.05, 4.69) is 15.5 Å². The largest absolute Gasteiger partial charge is 0.490 e. The number of nitrogens with one attached hydrogen (secondary N) is 2. The number of urea groups is 1. The van der Waals surface area contributed by atoms with Crippen LogP contribution < -0.4 is 20.3 Å². The van der Waals surface area contributed by atoms with Crippen LogP contribution in [0.1, 0.15) is 50.5 Å². The number of likely N-dealkylation sites (tertiary alicyclic amines) is 1. The van der Waals surface area contributed by atoms with Crippen molar-refractivity contribution in [3.8, 4) is 5.75 Å². The van der Waals surface area contributed by atoms with Crippen molar-refractivity contribution in [3.05, 3.63) is 84.4 Å². The second-order valence-electron chi connectivity index (χ2n) is 12.8. The Labute approximate surface area is 277 Å². The molecule has 2 atom stereocenters. The van der Waals surface area contributed by atoms with Gasteiger partial charge in [-0.15, -0.1) is 0 Å². The van der Waals surface area contributed by atoms with Gasteiger partial charge < -0.3 is 34.8 Å². The fraction of sp³-hybridized carbons (Fsp3) is 0.432. The van der Waals surface area contributed by atoms with Crippen LogP contribution in [0.2, 0.25) is 0 Å². The van der Waals surface area contributed by atoms with E-state index in [9.17, 15) is 14.4 Å². The predicted molar refractivity (Wildman–Crippen MR) is 183 cm³/mol. The summed E-state index contributed by atoms with van der Waals surface area (Å²) in [6.07, 6.45) is 7.00. The minimum absolute atomic E-state index is 0.0824. The highest BCUT2D eigenvalue weighted by molar-refractivity contribution is 5.99. The van der Waals surface area contributed by atoms with Gasteiger partial charge in [-0.25, -0.2) is 9.59 Å². The number of carbonyl (C=O) groups excluding carboxylic acids is 3. The van der Waals surface area contributed by atoms with Gasteiger partial charge in [0, 0.05) is 50.3 Å². The summed E-state index contributed by atoms with van der Waals surface area (Å²) < 4.78 is 11.5. The number of piperidine rings is 1. The van der Waals surface area contributed by atoms with Gasteiger partial charge in [-0.3, -0.25) is 4.79 Å². The minimum atomic E-state index is -0.366. The Morgan fingerprint density at radius 2 is 1.47 bits per heavy atom. The van der Waals surface area contributed by atoms with E-state index in [0.717, 1.165) is 62.2 Å². The molecule has 1 aliphatic carbocycles. The smallest absolute Gasteiger partial charge is 0.410 e. The maximum absolute atomic E-state index is 13.5. The average Bonchev–Trinajstić information content (AvgIpc) is 3.81. The third kappa shape index (κ3) is 8.55. The molecule has 3 aliphatic rings. The van der Waals surface area contributed by atoms with Gasteiger partial charge in [0.05, 0.1) is 18.1 Å². The molecule has 10 heteroatoms. The number of anilines is 3. The third-order valence-electron chi connectivity index (χ3n) is 9.50. The maximum Gasteiger partial charge on any atom is 0.410 e. The van der Waals surface area contributed by atoms with Crippen LogP contribution in [0.5, 0.6) is 5.75 Å². The number of hydrogen-bond donors (Lipinski definition) is 2. The Bertz CT molecular complexity index is 1490. The molecule has 2 heterocycles.